The van der Waals surface area contributed by atoms with Crippen molar-refractivity contribution in [2.24, 2.45) is 0 Å². The fraction of sp³-hybridized carbons (Fsp3) is 0.538. The Bertz CT molecular complexity index is 364. The Balaban J connectivity index is 2.77. The van der Waals surface area contributed by atoms with Crippen molar-refractivity contribution in [2.45, 2.75) is 19.1 Å². The van der Waals surface area contributed by atoms with E-state index >= 15 is 0 Å². The van der Waals surface area contributed by atoms with E-state index in [9.17, 15) is 10.2 Å². The third kappa shape index (κ3) is 4.18. The molecule has 2 N–H and O–H groups in total. The van der Waals surface area contributed by atoms with E-state index in [-0.39, 0.29) is 13.2 Å². The Morgan fingerprint density at radius 1 is 1.17 bits per heavy atom. The molecule has 0 aliphatic carbocycles. The molecule has 5 nitrogen and oxygen atoms in total. The molecule has 0 aliphatic rings. The van der Waals surface area contributed by atoms with Gasteiger partial charge in [0, 0.05) is 18.7 Å². The van der Waals surface area contributed by atoms with E-state index in [1.54, 1.807) is 32.2 Å². The van der Waals surface area contributed by atoms with Crippen LogP contribution in [0.25, 0.3) is 0 Å². The second kappa shape index (κ2) is 7.20. The zero-order chi connectivity index (χ0) is 13.5. The van der Waals surface area contributed by atoms with Gasteiger partial charge in [0.25, 0.3) is 0 Å². The summed E-state index contributed by atoms with van der Waals surface area (Å²) in [5.41, 5.74) is 0.653. The van der Waals surface area contributed by atoms with Crippen LogP contribution in [0.5, 0.6) is 11.5 Å². The van der Waals surface area contributed by atoms with Crippen LogP contribution in [-0.4, -0.2) is 43.8 Å². The van der Waals surface area contributed by atoms with E-state index < -0.39 is 12.2 Å². The highest BCUT2D eigenvalue weighted by molar-refractivity contribution is 5.41. The van der Waals surface area contributed by atoms with Gasteiger partial charge in [0.05, 0.1) is 19.8 Å². The van der Waals surface area contributed by atoms with Gasteiger partial charge in [-0.2, -0.15) is 0 Å². The molecule has 1 aromatic rings. The van der Waals surface area contributed by atoms with Gasteiger partial charge in [0.15, 0.2) is 0 Å². The summed E-state index contributed by atoms with van der Waals surface area (Å²) >= 11 is 0. The van der Waals surface area contributed by atoms with Crippen LogP contribution in [0.15, 0.2) is 18.2 Å². The molecule has 0 spiro atoms. The molecule has 0 amide bonds. The van der Waals surface area contributed by atoms with E-state index in [0.29, 0.717) is 17.1 Å². The van der Waals surface area contributed by atoms with Gasteiger partial charge in [-0.25, -0.2) is 0 Å². The predicted octanol–water partition coefficient (Wildman–Crippen LogP) is 1.13. The molecule has 0 heterocycles. The van der Waals surface area contributed by atoms with E-state index in [1.165, 1.54) is 7.11 Å². The summed E-state index contributed by atoms with van der Waals surface area (Å²) in [5.74, 6) is 1.13. The van der Waals surface area contributed by atoms with Crippen molar-refractivity contribution in [3.05, 3.63) is 23.8 Å². The lowest BCUT2D eigenvalue weighted by Crippen LogP contribution is -2.23. The SMILES string of the molecule is COCC(O)COc1cc(OC)ccc1[C@@H](C)O. The molecule has 1 rings (SSSR count). The molecule has 0 radical (unpaired) electrons. The molecule has 1 aromatic carbocycles. The number of ether oxygens (including phenoxy) is 3. The smallest absolute Gasteiger partial charge is 0.128 e. The minimum absolute atomic E-state index is 0.0979. The van der Waals surface area contributed by atoms with Gasteiger partial charge < -0.3 is 24.4 Å². The van der Waals surface area contributed by atoms with Gasteiger partial charge in [-0.05, 0) is 19.1 Å². The number of hydrogen-bond donors (Lipinski definition) is 2. The maximum atomic E-state index is 9.63. The highest BCUT2D eigenvalue weighted by atomic mass is 16.5. The van der Waals surface area contributed by atoms with E-state index in [0.717, 1.165) is 0 Å². The summed E-state index contributed by atoms with van der Waals surface area (Å²) in [6.07, 6.45) is -1.35. The minimum atomic E-state index is -0.706. The van der Waals surface area contributed by atoms with E-state index in [4.69, 9.17) is 14.2 Å². The van der Waals surface area contributed by atoms with Crippen molar-refractivity contribution < 1.29 is 24.4 Å². The number of aliphatic hydroxyl groups excluding tert-OH is 2. The molecule has 0 bridgehead atoms. The molecule has 2 atom stereocenters. The van der Waals surface area contributed by atoms with Gasteiger partial charge in [-0.3, -0.25) is 0 Å². The molecule has 0 fully saturated rings. The third-order valence-electron chi connectivity index (χ3n) is 2.46. The van der Waals surface area contributed by atoms with Crippen molar-refractivity contribution in [1.29, 1.82) is 0 Å². The predicted molar refractivity (Wildman–Crippen MR) is 67.0 cm³/mol. The summed E-state index contributed by atoms with van der Waals surface area (Å²) in [6, 6.07) is 5.17. The Hall–Kier alpha value is -1.30. The largest absolute Gasteiger partial charge is 0.497 e. The van der Waals surface area contributed by atoms with Crippen molar-refractivity contribution in [3.8, 4) is 11.5 Å². The first-order valence-corrected chi connectivity index (χ1v) is 5.74. The number of benzene rings is 1. The average molecular weight is 256 g/mol. The van der Waals surface area contributed by atoms with Crippen molar-refractivity contribution in [1.82, 2.24) is 0 Å². The van der Waals surface area contributed by atoms with Crippen LogP contribution in [0.1, 0.15) is 18.6 Å². The summed E-state index contributed by atoms with van der Waals surface area (Å²) in [5, 5.41) is 19.2. The van der Waals surface area contributed by atoms with Crippen LogP contribution < -0.4 is 9.47 Å². The fourth-order valence-corrected chi connectivity index (χ4v) is 1.54. The van der Waals surface area contributed by atoms with Crippen LogP contribution in [0.2, 0.25) is 0 Å². The molecule has 5 heteroatoms. The van der Waals surface area contributed by atoms with Gasteiger partial charge in [0.1, 0.15) is 24.2 Å². The number of hydrogen-bond acceptors (Lipinski definition) is 5. The van der Waals surface area contributed by atoms with Crippen molar-refractivity contribution in [2.75, 3.05) is 27.4 Å². The molecule has 0 aliphatic heterocycles. The monoisotopic (exact) mass is 256 g/mol. The molecule has 0 saturated heterocycles. The van der Waals surface area contributed by atoms with Gasteiger partial charge in [0.2, 0.25) is 0 Å². The first kappa shape index (κ1) is 14.8. The Morgan fingerprint density at radius 3 is 2.44 bits per heavy atom. The molecular weight excluding hydrogens is 236 g/mol. The first-order valence-electron chi connectivity index (χ1n) is 5.74. The lowest BCUT2D eigenvalue weighted by molar-refractivity contribution is 0.0316. The summed E-state index contributed by atoms with van der Waals surface area (Å²) in [6.45, 7) is 1.95. The van der Waals surface area contributed by atoms with Crippen molar-refractivity contribution in [3.63, 3.8) is 0 Å². The fourth-order valence-electron chi connectivity index (χ4n) is 1.54. The maximum Gasteiger partial charge on any atom is 0.128 e. The Labute approximate surface area is 107 Å². The van der Waals surface area contributed by atoms with Crippen LogP contribution in [0.3, 0.4) is 0 Å². The number of aliphatic hydroxyl groups is 2. The van der Waals surface area contributed by atoms with E-state index in [1.807, 2.05) is 0 Å². The topological polar surface area (TPSA) is 68.2 Å². The Morgan fingerprint density at radius 2 is 1.89 bits per heavy atom. The highest BCUT2D eigenvalue weighted by Crippen LogP contribution is 2.29. The van der Waals surface area contributed by atoms with Crippen molar-refractivity contribution >= 4 is 0 Å². The standard InChI is InChI=1S/C13H20O5/c1-9(14)12-5-4-11(17-3)6-13(12)18-8-10(15)7-16-2/h4-6,9-10,14-15H,7-8H2,1-3H3/t9-,10?/m1/s1. The third-order valence-corrected chi connectivity index (χ3v) is 2.46. The first-order chi connectivity index (χ1) is 8.58. The zero-order valence-electron chi connectivity index (χ0n) is 10.9. The minimum Gasteiger partial charge on any atom is -0.497 e. The zero-order valence-corrected chi connectivity index (χ0v) is 10.9. The quantitative estimate of drug-likeness (QED) is 0.765. The molecule has 1 unspecified atom stereocenters. The van der Waals surface area contributed by atoms with Gasteiger partial charge in [-0.15, -0.1) is 0 Å². The number of methoxy groups -OCH3 is 2. The van der Waals surface area contributed by atoms with Crippen LogP contribution >= 0.6 is 0 Å². The average Bonchev–Trinajstić information content (AvgIpc) is 2.36. The normalized spacial score (nSPS) is 14.1. The second-order valence-electron chi connectivity index (χ2n) is 4.00. The maximum absolute atomic E-state index is 9.63. The van der Waals surface area contributed by atoms with Crippen LogP contribution in [0.4, 0.5) is 0 Å². The molecule has 0 saturated carbocycles. The molecular formula is C13H20O5. The van der Waals surface area contributed by atoms with Gasteiger partial charge >= 0.3 is 0 Å². The van der Waals surface area contributed by atoms with Crippen LogP contribution in [0, 0.1) is 0 Å². The lowest BCUT2D eigenvalue weighted by Gasteiger charge is -2.16. The summed E-state index contributed by atoms with van der Waals surface area (Å²) in [4.78, 5) is 0. The van der Waals surface area contributed by atoms with E-state index in [2.05, 4.69) is 0 Å². The highest BCUT2D eigenvalue weighted by Gasteiger charge is 2.12. The molecule has 0 aromatic heterocycles. The summed E-state index contributed by atoms with van der Waals surface area (Å²) < 4.78 is 15.4. The number of rotatable bonds is 7. The summed E-state index contributed by atoms with van der Waals surface area (Å²) in [7, 11) is 3.07. The molecule has 102 valence electrons. The van der Waals surface area contributed by atoms with Gasteiger partial charge in [-0.1, -0.05) is 0 Å². The second-order valence-corrected chi connectivity index (χ2v) is 4.00. The van der Waals surface area contributed by atoms with Crippen LogP contribution in [-0.2, 0) is 4.74 Å². The Kier molecular flexibility index (Phi) is 5.91. The lowest BCUT2D eigenvalue weighted by atomic mass is 10.1. The molecule has 18 heavy (non-hydrogen) atoms.